The minimum Gasteiger partial charge on any atom is -0.504 e. The Bertz CT molecular complexity index is 595. The van der Waals surface area contributed by atoms with Gasteiger partial charge in [0.05, 0.1) is 5.69 Å². The summed E-state index contributed by atoms with van der Waals surface area (Å²) in [6, 6.07) is 4.80. The number of benzene rings is 1. The number of nitrogens with zero attached hydrogens (tertiary/aromatic N) is 1. The summed E-state index contributed by atoms with van der Waals surface area (Å²) in [5.74, 6) is -0.234. The molecule has 4 N–H and O–H groups in total. The number of hydrogen-bond acceptors (Lipinski definition) is 5. The molecule has 1 heterocycles. The summed E-state index contributed by atoms with van der Waals surface area (Å²) in [5.41, 5.74) is 7.86. The first-order chi connectivity index (χ1) is 8.65. The summed E-state index contributed by atoms with van der Waals surface area (Å²) in [7, 11) is 0. The van der Waals surface area contributed by atoms with Crippen molar-refractivity contribution in [3.05, 3.63) is 28.8 Å². The number of fused-ring (bicyclic) bond motifs is 1. The van der Waals surface area contributed by atoms with Crippen LogP contribution in [0.5, 0.6) is 11.5 Å². The molecule has 94 valence electrons. The molecule has 2 aromatic rings. The number of aromatic nitrogens is 1. The van der Waals surface area contributed by atoms with E-state index in [4.69, 9.17) is 5.73 Å². The lowest BCUT2D eigenvalue weighted by atomic mass is 9.99. The third-order valence-electron chi connectivity index (χ3n) is 3.22. The van der Waals surface area contributed by atoms with Crippen molar-refractivity contribution in [2.24, 2.45) is 5.73 Å². The fourth-order valence-corrected chi connectivity index (χ4v) is 3.40. The Hall–Kier alpha value is -1.59. The topological polar surface area (TPSA) is 79.4 Å². The lowest BCUT2D eigenvalue weighted by Gasteiger charge is -2.15. The fraction of sp³-hybridized carbons (Fsp3) is 0.308. The number of aryl methyl sites for hydroxylation is 1. The molecule has 18 heavy (non-hydrogen) atoms. The summed E-state index contributed by atoms with van der Waals surface area (Å²) in [4.78, 5) is 5.82. The maximum absolute atomic E-state index is 9.52. The molecule has 3 rings (SSSR count). The molecule has 0 radical (unpaired) electrons. The van der Waals surface area contributed by atoms with Crippen molar-refractivity contribution in [1.82, 2.24) is 4.98 Å². The first kappa shape index (κ1) is 11.5. The van der Waals surface area contributed by atoms with Gasteiger partial charge in [-0.2, -0.15) is 0 Å². The Balaban J connectivity index is 2.04. The van der Waals surface area contributed by atoms with Gasteiger partial charge in [0.15, 0.2) is 11.5 Å². The Morgan fingerprint density at radius 1 is 1.28 bits per heavy atom. The highest BCUT2D eigenvalue weighted by Gasteiger charge is 2.22. The smallest absolute Gasteiger partial charge is 0.158 e. The number of thiazole rings is 1. The zero-order valence-electron chi connectivity index (χ0n) is 9.76. The third-order valence-corrected chi connectivity index (χ3v) is 4.40. The van der Waals surface area contributed by atoms with Gasteiger partial charge in [0.25, 0.3) is 0 Å². The molecule has 1 aliphatic rings. The van der Waals surface area contributed by atoms with Crippen LogP contribution in [0, 0.1) is 0 Å². The Labute approximate surface area is 109 Å². The van der Waals surface area contributed by atoms with Crippen molar-refractivity contribution >= 4 is 11.3 Å². The van der Waals surface area contributed by atoms with Crippen molar-refractivity contribution in [3.63, 3.8) is 0 Å². The second kappa shape index (κ2) is 4.26. The van der Waals surface area contributed by atoms with Gasteiger partial charge in [-0.25, -0.2) is 4.98 Å². The SMILES string of the molecule is NC1CCCc2sc(-c3ccc(O)c(O)c3)nc21. The second-order valence-corrected chi connectivity index (χ2v) is 5.61. The third kappa shape index (κ3) is 1.85. The van der Waals surface area contributed by atoms with Gasteiger partial charge in [-0.1, -0.05) is 0 Å². The standard InChI is InChI=1S/C13H14N2O2S/c14-8-2-1-3-11-12(8)15-13(18-11)7-4-5-9(16)10(17)6-7/h4-6,8,16-17H,1-3,14H2. The highest BCUT2D eigenvalue weighted by atomic mass is 32.1. The number of phenols is 2. The molecule has 0 bridgehead atoms. The van der Waals surface area contributed by atoms with Gasteiger partial charge in [0, 0.05) is 16.5 Å². The lowest BCUT2D eigenvalue weighted by Crippen LogP contribution is -2.16. The molecule has 1 unspecified atom stereocenters. The molecule has 0 spiro atoms. The average Bonchev–Trinajstić information content (AvgIpc) is 2.78. The van der Waals surface area contributed by atoms with Crippen LogP contribution in [0.2, 0.25) is 0 Å². The molecule has 0 amide bonds. The molecule has 1 aliphatic carbocycles. The predicted octanol–water partition coefficient (Wildman–Crippen LogP) is 2.56. The van der Waals surface area contributed by atoms with Crippen LogP contribution in [0.1, 0.15) is 29.5 Å². The molecule has 1 atom stereocenters. The van der Waals surface area contributed by atoms with Crippen molar-refractivity contribution in [1.29, 1.82) is 0 Å². The quantitative estimate of drug-likeness (QED) is 0.690. The minimum absolute atomic E-state index is 0.0319. The normalized spacial score (nSPS) is 18.6. The number of hydrogen-bond donors (Lipinski definition) is 3. The van der Waals surface area contributed by atoms with Crippen molar-refractivity contribution in [2.45, 2.75) is 25.3 Å². The van der Waals surface area contributed by atoms with Gasteiger partial charge >= 0.3 is 0 Å². The molecule has 1 aromatic carbocycles. The lowest BCUT2D eigenvalue weighted by molar-refractivity contribution is 0.404. The van der Waals surface area contributed by atoms with Gasteiger partial charge < -0.3 is 15.9 Å². The monoisotopic (exact) mass is 262 g/mol. The number of nitrogens with two attached hydrogens (primary N) is 1. The number of aromatic hydroxyl groups is 2. The molecule has 0 saturated heterocycles. The Morgan fingerprint density at radius 3 is 2.83 bits per heavy atom. The van der Waals surface area contributed by atoms with Crippen LogP contribution in [0.4, 0.5) is 0 Å². The fourth-order valence-electron chi connectivity index (χ4n) is 2.23. The van der Waals surface area contributed by atoms with E-state index in [1.165, 1.54) is 17.0 Å². The molecular weight excluding hydrogens is 248 g/mol. The highest BCUT2D eigenvalue weighted by molar-refractivity contribution is 7.15. The van der Waals surface area contributed by atoms with Crippen LogP contribution >= 0.6 is 11.3 Å². The zero-order chi connectivity index (χ0) is 12.7. The summed E-state index contributed by atoms with van der Waals surface area (Å²) in [6.45, 7) is 0. The summed E-state index contributed by atoms with van der Waals surface area (Å²) >= 11 is 1.62. The molecule has 4 nitrogen and oxygen atoms in total. The Kier molecular flexibility index (Phi) is 2.72. The van der Waals surface area contributed by atoms with E-state index in [2.05, 4.69) is 4.98 Å². The second-order valence-electron chi connectivity index (χ2n) is 4.53. The first-order valence-electron chi connectivity index (χ1n) is 5.92. The summed E-state index contributed by atoms with van der Waals surface area (Å²) in [6.07, 6.45) is 3.12. The minimum atomic E-state index is -0.120. The average molecular weight is 262 g/mol. The van der Waals surface area contributed by atoms with E-state index in [0.29, 0.717) is 0 Å². The van der Waals surface area contributed by atoms with Crippen LogP contribution in [0.15, 0.2) is 18.2 Å². The largest absolute Gasteiger partial charge is 0.504 e. The molecule has 5 heteroatoms. The first-order valence-corrected chi connectivity index (χ1v) is 6.74. The molecule has 0 saturated carbocycles. The molecule has 0 aliphatic heterocycles. The van der Waals surface area contributed by atoms with E-state index in [1.807, 2.05) is 0 Å². The van der Waals surface area contributed by atoms with Crippen LogP contribution in [-0.4, -0.2) is 15.2 Å². The van der Waals surface area contributed by atoms with E-state index in [-0.39, 0.29) is 17.5 Å². The molecule has 0 fully saturated rings. The zero-order valence-corrected chi connectivity index (χ0v) is 10.6. The maximum Gasteiger partial charge on any atom is 0.158 e. The van der Waals surface area contributed by atoms with Crippen molar-refractivity contribution in [3.8, 4) is 22.1 Å². The van der Waals surface area contributed by atoms with Gasteiger partial charge in [-0.15, -0.1) is 11.3 Å². The van der Waals surface area contributed by atoms with Crippen molar-refractivity contribution in [2.75, 3.05) is 0 Å². The number of rotatable bonds is 1. The molecule has 1 aromatic heterocycles. The van der Waals surface area contributed by atoms with E-state index < -0.39 is 0 Å². The maximum atomic E-state index is 9.52. The van der Waals surface area contributed by atoms with Crippen LogP contribution < -0.4 is 5.73 Å². The predicted molar refractivity (Wildman–Crippen MR) is 70.7 cm³/mol. The van der Waals surface area contributed by atoms with Gasteiger partial charge in [0.2, 0.25) is 0 Å². The Morgan fingerprint density at radius 2 is 2.11 bits per heavy atom. The van der Waals surface area contributed by atoms with Crippen LogP contribution in [0.3, 0.4) is 0 Å². The van der Waals surface area contributed by atoms with E-state index in [0.717, 1.165) is 35.5 Å². The van der Waals surface area contributed by atoms with E-state index in [1.54, 1.807) is 17.4 Å². The van der Waals surface area contributed by atoms with Crippen molar-refractivity contribution < 1.29 is 10.2 Å². The highest BCUT2D eigenvalue weighted by Crippen LogP contribution is 2.38. The van der Waals surface area contributed by atoms with Gasteiger partial charge in [0.1, 0.15) is 5.01 Å². The van der Waals surface area contributed by atoms with Gasteiger partial charge in [-0.05, 0) is 37.5 Å². The van der Waals surface area contributed by atoms with Gasteiger partial charge in [-0.3, -0.25) is 0 Å². The van der Waals surface area contributed by atoms with Crippen LogP contribution in [-0.2, 0) is 6.42 Å². The number of phenolic OH excluding ortho intramolecular Hbond substituents is 2. The summed E-state index contributed by atoms with van der Waals surface area (Å²) < 4.78 is 0. The van der Waals surface area contributed by atoms with Crippen LogP contribution in [0.25, 0.3) is 10.6 Å². The summed E-state index contributed by atoms with van der Waals surface area (Å²) in [5, 5.41) is 19.7. The van der Waals surface area contributed by atoms with E-state index >= 15 is 0 Å². The molecular formula is C13H14N2O2S. The van der Waals surface area contributed by atoms with E-state index in [9.17, 15) is 10.2 Å².